The molecular weight excluding hydrogens is 230 g/mol. The van der Waals surface area contributed by atoms with Crippen molar-refractivity contribution in [3.05, 3.63) is 47.0 Å². The molecule has 0 saturated carbocycles. The van der Waals surface area contributed by atoms with Crippen LogP contribution in [0, 0.1) is 0 Å². The predicted molar refractivity (Wildman–Crippen MR) is 85.4 cm³/mol. The highest BCUT2D eigenvalue weighted by Gasteiger charge is 2.16. The van der Waals surface area contributed by atoms with E-state index in [-0.39, 0.29) is 0 Å². The van der Waals surface area contributed by atoms with Crippen LogP contribution >= 0.6 is 0 Å². The minimum Gasteiger partial charge on any atom is -0.310 e. The zero-order valence-electron chi connectivity index (χ0n) is 13.0. The van der Waals surface area contributed by atoms with Gasteiger partial charge in [-0.2, -0.15) is 0 Å². The lowest BCUT2D eigenvalue weighted by Gasteiger charge is -2.24. The van der Waals surface area contributed by atoms with E-state index in [2.05, 4.69) is 63.5 Å². The predicted octanol–water partition coefficient (Wildman–Crippen LogP) is 5.25. The Morgan fingerprint density at radius 1 is 1.00 bits per heavy atom. The Morgan fingerprint density at radius 2 is 1.63 bits per heavy atom. The molecule has 1 heteroatoms. The van der Waals surface area contributed by atoms with Gasteiger partial charge in [-0.15, -0.1) is 0 Å². The number of nitrogens with one attached hydrogen (secondary N) is 1. The second kappa shape index (κ2) is 8.92. The molecule has 1 N–H and O–H groups in total. The first-order chi connectivity index (χ1) is 9.28. The third-order valence-corrected chi connectivity index (χ3v) is 3.72. The third-order valence-electron chi connectivity index (χ3n) is 3.72. The summed E-state index contributed by atoms with van der Waals surface area (Å²) >= 11 is 0. The molecule has 0 amide bonds. The molecule has 1 nitrogen and oxygen atoms in total. The van der Waals surface area contributed by atoms with Crippen LogP contribution in [0.2, 0.25) is 0 Å². The van der Waals surface area contributed by atoms with Crippen LogP contribution in [-0.4, -0.2) is 7.05 Å². The maximum Gasteiger partial charge on any atom is 0.0536 e. The summed E-state index contributed by atoms with van der Waals surface area (Å²) in [6, 6.07) is 11.2. The van der Waals surface area contributed by atoms with Crippen LogP contribution in [0.25, 0.3) is 0 Å². The first-order valence-electron chi connectivity index (χ1n) is 7.71. The Bertz CT molecular complexity index is 378. The molecule has 1 rings (SSSR count). The molecule has 0 aliphatic rings. The molecule has 0 saturated heterocycles. The van der Waals surface area contributed by atoms with Crippen LogP contribution in [0.3, 0.4) is 0 Å². The summed E-state index contributed by atoms with van der Waals surface area (Å²) in [5, 5.41) is 3.52. The van der Waals surface area contributed by atoms with Crippen molar-refractivity contribution < 1.29 is 0 Å². The molecule has 0 fully saturated rings. The molecule has 1 aromatic rings. The van der Waals surface area contributed by atoms with Gasteiger partial charge in [-0.25, -0.2) is 0 Å². The van der Waals surface area contributed by atoms with Crippen LogP contribution in [0.5, 0.6) is 0 Å². The van der Waals surface area contributed by atoms with Gasteiger partial charge in [0, 0.05) is 0 Å². The normalized spacial score (nSPS) is 14.1. The highest BCUT2D eigenvalue weighted by atomic mass is 14.9. The van der Waals surface area contributed by atoms with Crippen LogP contribution in [0.4, 0.5) is 0 Å². The lowest BCUT2D eigenvalue weighted by Crippen LogP contribution is -2.20. The van der Waals surface area contributed by atoms with E-state index in [0.29, 0.717) is 6.04 Å². The van der Waals surface area contributed by atoms with Crippen LogP contribution in [0.1, 0.15) is 64.5 Å². The number of benzene rings is 1. The van der Waals surface area contributed by atoms with Gasteiger partial charge in [-0.1, -0.05) is 69.5 Å². The number of rotatable bonds is 8. The maximum atomic E-state index is 3.52. The molecule has 106 valence electrons. The smallest absolute Gasteiger partial charge is 0.0536 e. The second-order valence-corrected chi connectivity index (χ2v) is 5.11. The van der Waals surface area contributed by atoms with E-state index in [9.17, 15) is 0 Å². The zero-order valence-corrected chi connectivity index (χ0v) is 13.0. The van der Waals surface area contributed by atoms with Crippen molar-refractivity contribution >= 4 is 0 Å². The van der Waals surface area contributed by atoms with Gasteiger partial charge in [0.1, 0.15) is 0 Å². The third kappa shape index (κ3) is 4.50. The SMILES string of the molecule is CCC/C(CC)=C(\CCC)C(NC)c1ccccc1. The van der Waals surface area contributed by atoms with E-state index in [1.165, 1.54) is 37.7 Å². The van der Waals surface area contributed by atoms with Crippen LogP contribution in [-0.2, 0) is 0 Å². The van der Waals surface area contributed by atoms with Gasteiger partial charge < -0.3 is 5.32 Å². The molecule has 0 aliphatic carbocycles. The van der Waals surface area contributed by atoms with Gasteiger partial charge in [0.2, 0.25) is 0 Å². The lowest BCUT2D eigenvalue weighted by atomic mass is 9.88. The first kappa shape index (κ1) is 16.0. The molecule has 0 bridgehead atoms. The van der Waals surface area contributed by atoms with E-state index in [0.717, 1.165) is 0 Å². The Kier molecular flexibility index (Phi) is 7.50. The summed E-state index contributed by atoms with van der Waals surface area (Å²) in [6.45, 7) is 6.84. The lowest BCUT2D eigenvalue weighted by molar-refractivity contribution is 0.621. The standard InChI is InChI=1S/C18H29N/c1-5-11-15(7-3)17(12-6-2)18(19-4)16-13-9-8-10-14-16/h8-10,13-14,18-19H,5-7,11-12H2,1-4H3/b17-15+. The van der Waals surface area contributed by atoms with E-state index in [1.54, 1.807) is 11.1 Å². The molecule has 0 aliphatic heterocycles. The molecule has 0 radical (unpaired) electrons. The highest BCUT2D eigenvalue weighted by molar-refractivity contribution is 5.31. The number of hydrogen-bond acceptors (Lipinski definition) is 1. The summed E-state index contributed by atoms with van der Waals surface area (Å²) in [6.07, 6.45) is 6.06. The fourth-order valence-corrected chi connectivity index (χ4v) is 2.85. The number of likely N-dealkylation sites (N-methyl/N-ethyl adjacent to an activating group) is 1. The maximum absolute atomic E-state index is 3.52. The van der Waals surface area contributed by atoms with Crippen molar-refractivity contribution in [2.24, 2.45) is 0 Å². The van der Waals surface area contributed by atoms with E-state index in [4.69, 9.17) is 0 Å². The zero-order chi connectivity index (χ0) is 14.1. The number of allylic oxidation sites excluding steroid dienone is 1. The van der Waals surface area contributed by atoms with Crippen molar-refractivity contribution in [2.45, 2.75) is 58.9 Å². The van der Waals surface area contributed by atoms with Crippen molar-refractivity contribution in [1.82, 2.24) is 5.32 Å². The summed E-state index contributed by atoms with van der Waals surface area (Å²) < 4.78 is 0. The largest absolute Gasteiger partial charge is 0.310 e. The van der Waals surface area contributed by atoms with E-state index >= 15 is 0 Å². The first-order valence-corrected chi connectivity index (χ1v) is 7.71. The molecule has 0 aromatic heterocycles. The van der Waals surface area contributed by atoms with Crippen molar-refractivity contribution in [3.8, 4) is 0 Å². The second-order valence-electron chi connectivity index (χ2n) is 5.11. The number of hydrogen-bond donors (Lipinski definition) is 1. The van der Waals surface area contributed by atoms with Gasteiger partial charge >= 0.3 is 0 Å². The van der Waals surface area contributed by atoms with Gasteiger partial charge in [0.05, 0.1) is 6.04 Å². The van der Waals surface area contributed by atoms with Crippen LogP contribution < -0.4 is 5.32 Å². The fourth-order valence-electron chi connectivity index (χ4n) is 2.85. The summed E-state index contributed by atoms with van der Waals surface area (Å²) in [5.41, 5.74) is 4.64. The fraction of sp³-hybridized carbons (Fsp3) is 0.556. The molecule has 0 heterocycles. The Hall–Kier alpha value is -1.08. The van der Waals surface area contributed by atoms with Gasteiger partial charge in [0.15, 0.2) is 0 Å². The van der Waals surface area contributed by atoms with Crippen molar-refractivity contribution in [1.29, 1.82) is 0 Å². The molecular formula is C18H29N. The summed E-state index contributed by atoms with van der Waals surface area (Å²) in [4.78, 5) is 0. The monoisotopic (exact) mass is 259 g/mol. The topological polar surface area (TPSA) is 12.0 Å². The summed E-state index contributed by atoms with van der Waals surface area (Å²) in [7, 11) is 2.08. The molecule has 1 unspecified atom stereocenters. The van der Waals surface area contributed by atoms with Crippen LogP contribution in [0.15, 0.2) is 41.5 Å². The Balaban J connectivity index is 3.14. The Morgan fingerprint density at radius 3 is 2.11 bits per heavy atom. The minimum atomic E-state index is 0.377. The average molecular weight is 259 g/mol. The summed E-state index contributed by atoms with van der Waals surface area (Å²) in [5.74, 6) is 0. The highest BCUT2D eigenvalue weighted by Crippen LogP contribution is 2.30. The molecule has 1 atom stereocenters. The molecule has 19 heavy (non-hydrogen) atoms. The van der Waals surface area contributed by atoms with Crippen molar-refractivity contribution in [3.63, 3.8) is 0 Å². The molecule has 1 aromatic carbocycles. The quantitative estimate of drug-likeness (QED) is 0.628. The minimum absolute atomic E-state index is 0.377. The van der Waals surface area contributed by atoms with E-state index < -0.39 is 0 Å². The van der Waals surface area contributed by atoms with Gasteiger partial charge in [-0.05, 0) is 37.4 Å². The Labute approximate surface area is 119 Å². The van der Waals surface area contributed by atoms with Crippen molar-refractivity contribution in [2.75, 3.05) is 7.05 Å². The average Bonchev–Trinajstić information content (AvgIpc) is 2.46. The van der Waals surface area contributed by atoms with E-state index in [1.807, 2.05) is 0 Å². The molecule has 0 spiro atoms. The van der Waals surface area contributed by atoms with Gasteiger partial charge in [-0.3, -0.25) is 0 Å². The van der Waals surface area contributed by atoms with Gasteiger partial charge in [0.25, 0.3) is 0 Å².